The highest BCUT2D eigenvalue weighted by Crippen LogP contribution is 2.27. The summed E-state index contributed by atoms with van der Waals surface area (Å²) in [6.45, 7) is 1.30. The summed E-state index contributed by atoms with van der Waals surface area (Å²) in [4.78, 5) is 16.4. The molecule has 0 radical (unpaired) electrons. The zero-order valence-corrected chi connectivity index (χ0v) is 21.0. The molecule has 1 saturated carbocycles. The average molecular weight is 557 g/mol. The molecule has 1 amide bonds. The molecule has 0 heterocycles. The number of benzene rings is 2. The van der Waals surface area contributed by atoms with Crippen molar-refractivity contribution in [3.8, 4) is 5.75 Å². The van der Waals surface area contributed by atoms with Gasteiger partial charge in [0.2, 0.25) is 5.91 Å². The molecule has 1 fully saturated rings. The first-order valence-corrected chi connectivity index (χ1v) is 10.6. The third kappa shape index (κ3) is 7.57. The van der Waals surface area contributed by atoms with Gasteiger partial charge >= 0.3 is 0 Å². The summed E-state index contributed by atoms with van der Waals surface area (Å²) in [6, 6.07) is 13.6. The molecule has 1 aliphatic rings. The van der Waals surface area contributed by atoms with Crippen molar-refractivity contribution >= 4 is 53.1 Å². The Labute approximate surface area is 206 Å². The molecule has 2 aromatic carbocycles. The molecule has 0 bridgehead atoms. The summed E-state index contributed by atoms with van der Waals surface area (Å²) in [7, 11) is 3.37. The number of anilines is 1. The smallest absolute Gasteiger partial charge is 0.227 e. The van der Waals surface area contributed by atoms with Gasteiger partial charge in [0.25, 0.3) is 0 Å². The molecule has 2 aromatic rings. The highest BCUT2D eigenvalue weighted by Gasteiger charge is 2.25. The zero-order valence-electron chi connectivity index (χ0n) is 17.9. The number of carbonyl (C=O) groups is 1. The van der Waals surface area contributed by atoms with Crippen molar-refractivity contribution in [3.05, 3.63) is 58.6 Å². The van der Waals surface area contributed by atoms with Gasteiger partial charge in [-0.15, -0.1) is 24.0 Å². The number of carbonyl (C=O) groups excluding carboxylic acids is 1. The van der Waals surface area contributed by atoms with Crippen LogP contribution in [0.4, 0.5) is 5.69 Å². The van der Waals surface area contributed by atoms with Crippen LogP contribution >= 0.6 is 35.6 Å². The van der Waals surface area contributed by atoms with Crippen molar-refractivity contribution in [2.75, 3.05) is 26.0 Å². The Kier molecular flexibility index (Phi) is 10.4. The normalized spacial score (nSPS) is 13.6. The lowest BCUT2D eigenvalue weighted by Gasteiger charge is -2.24. The topological polar surface area (TPSA) is 74.8 Å². The summed E-state index contributed by atoms with van der Waals surface area (Å²) in [6.07, 6.45) is 3.92. The van der Waals surface area contributed by atoms with E-state index < -0.39 is 0 Å². The number of ether oxygens (including phenoxy) is 1. The van der Waals surface area contributed by atoms with Gasteiger partial charge < -0.3 is 20.7 Å². The SMILES string of the molecule is CN=C(NCCc1ccc(OC)cc1Cl)NCc1cccc(NC(=O)C2CCC2)c1.I. The Morgan fingerprint density at radius 2 is 2.00 bits per heavy atom. The molecule has 0 unspecified atom stereocenters. The predicted molar refractivity (Wildman–Crippen MR) is 138 cm³/mol. The molecule has 168 valence electrons. The fourth-order valence-corrected chi connectivity index (χ4v) is 3.52. The van der Waals surface area contributed by atoms with Gasteiger partial charge in [0.15, 0.2) is 5.96 Å². The molecule has 3 rings (SSSR count). The molecular weight excluding hydrogens is 527 g/mol. The van der Waals surface area contributed by atoms with Gasteiger partial charge in [-0.2, -0.15) is 0 Å². The minimum Gasteiger partial charge on any atom is -0.497 e. The highest BCUT2D eigenvalue weighted by molar-refractivity contribution is 14.0. The lowest BCUT2D eigenvalue weighted by molar-refractivity contribution is -0.122. The van der Waals surface area contributed by atoms with Crippen LogP contribution in [0.3, 0.4) is 0 Å². The van der Waals surface area contributed by atoms with Crippen LogP contribution in [-0.2, 0) is 17.8 Å². The minimum atomic E-state index is 0. The van der Waals surface area contributed by atoms with Gasteiger partial charge in [0, 0.05) is 36.8 Å². The lowest BCUT2D eigenvalue weighted by Crippen LogP contribution is -2.37. The van der Waals surface area contributed by atoms with Gasteiger partial charge in [-0.1, -0.05) is 36.2 Å². The van der Waals surface area contributed by atoms with Crippen molar-refractivity contribution in [1.82, 2.24) is 10.6 Å². The maximum Gasteiger partial charge on any atom is 0.227 e. The maximum absolute atomic E-state index is 12.1. The number of methoxy groups -OCH3 is 1. The number of hydrogen-bond donors (Lipinski definition) is 3. The first-order valence-electron chi connectivity index (χ1n) is 10.3. The van der Waals surface area contributed by atoms with Crippen LogP contribution in [0.5, 0.6) is 5.75 Å². The average Bonchev–Trinajstić information content (AvgIpc) is 2.70. The molecule has 1 aliphatic carbocycles. The Bertz CT molecular complexity index is 903. The van der Waals surface area contributed by atoms with Crippen LogP contribution in [-0.4, -0.2) is 32.6 Å². The molecule has 3 N–H and O–H groups in total. The quantitative estimate of drug-likeness (QED) is 0.252. The highest BCUT2D eigenvalue weighted by atomic mass is 127. The second-order valence-electron chi connectivity index (χ2n) is 7.38. The van der Waals surface area contributed by atoms with E-state index in [-0.39, 0.29) is 35.8 Å². The van der Waals surface area contributed by atoms with E-state index in [1.54, 1.807) is 14.2 Å². The van der Waals surface area contributed by atoms with Crippen LogP contribution in [0, 0.1) is 5.92 Å². The number of guanidine groups is 1. The summed E-state index contributed by atoms with van der Waals surface area (Å²) in [5, 5.41) is 10.3. The monoisotopic (exact) mass is 556 g/mol. The van der Waals surface area contributed by atoms with Gasteiger partial charge in [0.05, 0.1) is 7.11 Å². The second kappa shape index (κ2) is 12.8. The second-order valence-corrected chi connectivity index (χ2v) is 7.78. The van der Waals surface area contributed by atoms with Gasteiger partial charge in [-0.25, -0.2) is 0 Å². The van der Waals surface area contributed by atoms with Crippen LogP contribution in [0.15, 0.2) is 47.5 Å². The number of amides is 1. The number of hydrogen-bond acceptors (Lipinski definition) is 3. The molecule has 0 atom stereocenters. The van der Waals surface area contributed by atoms with E-state index >= 15 is 0 Å². The van der Waals surface area contributed by atoms with E-state index in [1.807, 2.05) is 42.5 Å². The number of nitrogens with zero attached hydrogens (tertiary/aromatic N) is 1. The Hall–Kier alpha value is -2.00. The molecule has 8 heteroatoms. The first-order chi connectivity index (χ1) is 14.6. The summed E-state index contributed by atoms with van der Waals surface area (Å²) >= 11 is 6.30. The molecule has 0 aliphatic heterocycles. The third-order valence-electron chi connectivity index (χ3n) is 5.30. The summed E-state index contributed by atoms with van der Waals surface area (Å²) < 4.78 is 5.18. The van der Waals surface area contributed by atoms with Crippen molar-refractivity contribution < 1.29 is 9.53 Å². The number of nitrogens with one attached hydrogen (secondary N) is 3. The minimum absolute atomic E-state index is 0. The van der Waals surface area contributed by atoms with Gasteiger partial charge in [-0.05, 0) is 54.7 Å². The van der Waals surface area contributed by atoms with Crippen molar-refractivity contribution in [3.63, 3.8) is 0 Å². The molecule has 0 spiro atoms. The predicted octanol–water partition coefficient (Wildman–Crippen LogP) is 4.61. The van der Waals surface area contributed by atoms with E-state index in [9.17, 15) is 4.79 Å². The van der Waals surface area contributed by atoms with Crippen LogP contribution in [0.2, 0.25) is 5.02 Å². The number of halogens is 2. The third-order valence-corrected chi connectivity index (χ3v) is 5.65. The first kappa shape index (κ1) is 25.3. The van der Waals surface area contributed by atoms with E-state index in [4.69, 9.17) is 16.3 Å². The van der Waals surface area contributed by atoms with Crippen molar-refractivity contribution in [1.29, 1.82) is 0 Å². The fraction of sp³-hybridized carbons (Fsp3) is 0.391. The largest absolute Gasteiger partial charge is 0.497 e. The molecule has 31 heavy (non-hydrogen) atoms. The number of rotatable bonds is 8. The molecule has 6 nitrogen and oxygen atoms in total. The zero-order chi connectivity index (χ0) is 21.3. The maximum atomic E-state index is 12.1. The molecular formula is C23H30ClIN4O2. The number of aliphatic imine (C=N–C) groups is 1. The van der Waals surface area contributed by atoms with E-state index in [0.29, 0.717) is 24.1 Å². The standard InChI is InChI=1S/C23H29ClN4O2.HI/c1-25-23(26-12-11-17-9-10-20(30-2)14-21(17)24)27-15-16-5-3-8-19(13-16)28-22(29)18-6-4-7-18;/h3,5,8-10,13-14,18H,4,6-7,11-12,15H2,1-2H3,(H,28,29)(H2,25,26,27);1H. The Morgan fingerprint density at radius 3 is 2.65 bits per heavy atom. The van der Waals surface area contributed by atoms with Crippen molar-refractivity contribution in [2.45, 2.75) is 32.2 Å². The Balaban J connectivity index is 0.00000341. The summed E-state index contributed by atoms with van der Waals surface area (Å²) in [5.41, 5.74) is 2.96. The van der Waals surface area contributed by atoms with Crippen LogP contribution < -0.4 is 20.7 Å². The van der Waals surface area contributed by atoms with E-state index in [1.165, 1.54) is 0 Å². The van der Waals surface area contributed by atoms with Gasteiger partial charge in [0.1, 0.15) is 5.75 Å². The fourth-order valence-electron chi connectivity index (χ4n) is 3.25. The van der Waals surface area contributed by atoms with Crippen molar-refractivity contribution in [2.24, 2.45) is 10.9 Å². The van der Waals surface area contributed by atoms with Crippen LogP contribution in [0.25, 0.3) is 0 Å². The summed E-state index contributed by atoms with van der Waals surface area (Å²) in [5.74, 6) is 1.76. The molecule has 0 aromatic heterocycles. The van der Waals surface area contributed by atoms with Crippen LogP contribution in [0.1, 0.15) is 30.4 Å². The molecule has 0 saturated heterocycles. The van der Waals surface area contributed by atoms with E-state index in [0.717, 1.165) is 48.2 Å². The van der Waals surface area contributed by atoms with E-state index in [2.05, 4.69) is 20.9 Å². The van der Waals surface area contributed by atoms with Gasteiger partial charge in [-0.3, -0.25) is 9.79 Å². The lowest BCUT2D eigenvalue weighted by atomic mass is 9.85. The Morgan fingerprint density at radius 1 is 1.19 bits per heavy atom.